The molecule has 0 aliphatic carbocycles. The van der Waals surface area contributed by atoms with Gasteiger partial charge in [0.2, 0.25) is 0 Å². The fourth-order valence-electron chi connectivity index (χ4n) is 2.75. The molecule has 0 aromatic heterocycles. The lowest BCUT2D eigenvalue weighted by Gasteiger charge is -2.32. The molecule has 6 nitrogen and oxygen atoms in total. The highest BCUT2D eigenvalue weighted by Crippen LogP contribution is 2.30. The fraction of sp³-hybridized carbons (Fsp3) is 0.600. The lowest BCUT2D eigenvalue weighted by atomic mass is 10.0. The highest BCUT2D eigenvalue weighted by Gasteiger charge is 2.20. The Bertz CT molecular complexity index is 485. The van der Waals surface area contributed by atoms with E-state index in [1.807, 2.05) is 0 Å². The quantitative estimate of drug-likeness (QED) is 0.645. The summed E-state index contributed by atoms with van der Waals surface area (Å²) in [6.07, 6.45) is 3.36. The molecule has 0 unspecified atom stereocenters. The first kappa shape index (κ1) is 15.6. The van der Waals surface area contributed by atoms with Gasteiger partial charge in [-0.25, -0.2) is 0 Å². The zero-order chi connectivity index (χ0) is 15.2. The van der Waals surface area contributed by atoms with Crippen molar-refractivity contribution >= 4 is 11.4 Å². The molecule has 2 rings (SSSR count). The van der Waals surface area contributed by atoms with Crippen LogP contribution >= 0.6 is 0 Å². The number of likely N-dealkylation sites (tertiary alicyclic amines) is 1. The molecule has 1 aromatic rings. The molecule has 1 fully saturated rings. The van der Waals surface area contributed by atoms with Crippen molar-refractivity contribution in [2.45, 2.75) is 32.2 Å². The summed E-state index contributed by atoms with van der Waals surface area (Å²) < 4.78 is 5.26. The van der Waals surface area contributed by atoms with E-state index in [1.54, 1.807) is 6.07 Å². The number of non-ortho nitro benzene ring substituents is 1. The number of nitrogens with zero attached hydrogens (tertiary/aromatic N) is 2. The maximum Gasteiger partial charge on any atom is 0.273 e. The molecule has 0 radical (unpaired) electrons. The minimum atomic E-state index is -0.407. The van der Waals surface area contributed by atoms with E-state index in [-0.39, 0.29) is 5.69 Å². The number of rotatable bonds is 6. The second-order valence-electron chi connectivity index (χ2n) is 5.40. The first-order valence-corrected chi connectivity index (χ1v) is 7.45. The number of nitro groups is 1. The molecule has 1 aliphatic rings. The van der Waals surface area contributed by atoms with E-state index in [1.165, 1.54) is 25.7 Å². The molecule has 1 N–H and O–H groups in total. The number of nitro benzene ring substituents is 1. The Labute approximate surface area is 125 Å². The zero-order valence-electron chi connectivity index (χ0n) is 12.7. The topological polar surface area (TPSA) is 67.6 Å². The van der Waals surface area contributed by atoms with Crippen molar-refractivity contribution in [1.82, 2.24) is 4.90 Å². The molecule has 0 bridgehead atoms. The Balaban J connectivity index is 1.98. The first-order chi connectivity index (χ1) is 10.1. The van der Waals surface area contributed by atoms with Gasteiger partial charge >= 0.3 is 0 Å². The first-order valence-electron chi connectivity index (χ1n) is 7.45. The third-order valence-electron chi connectivity index (χ3n) is 3.88. The van der Waals surface area contributed by atoms with Crippen molar-refractivity contribution in [3.8, 4) is 5.75 Å². The molecule has 0 amide bonds. The van der Waals surface area contributed by atoms with Crippen LogP contribution in [0.3, 0.4) is 0 Å². The maximum absolute atomic E-state index is 10.8. The smallest absolute Gasteiger partial charge is 0.273 e. The van der Waals surface area contributed by atoms with Crippen LogP contribution in [0.5, 0.6) is 5.75 Å². The van der Waals surface area contributed by atoms with E-state index in [2.05, 4.69) is 17.1 Å². The molecule has 1 aromatic carbocycles. The summed E-state index contributed by atoms with van der Waals surface area (Å²) in [4.78, 5) is 12.9. The summed E-state index contributed by atoms with van der Waals surface area (Å²) in [5, 5.41) is 14.2. The Morgan fingerprint density at radius 2 is 2.14 bits per heavy atom. The van der Waals surface area contributed by atoms with Crippen LogP contribution in [-0.2, 0) is 0 Å². The predicted octanol–water partition coefficient (Wildman–Crippen LogP) is 2.89. The summed E-state index contributed by atoms with van der Waals surface area (Å²) >= 11 is 0. The van der Waals surface area contributed by atoms with E-state index < -0.39 is 4.92 Å². The Hall–Kier alpha value is -1.82. The van der Waals surface area contributed by atoms with Gasteiger partial charge in [-0.05, 0) is 31.9 Å². The molecule has 6 heteroatoms. The van der Waals surface area contributed by atoms with Gasteiger partial charge in [0.1, 0.15) is 5.75 Å². The summed E-state index contributed by atoms with van der Waals surface area (Å²) in [5.41, 5.74) is 0.882. The predicted molar refractivity (Wildman–Crippen MR) is 83.0 cm³/mol. The van der Waals surface area contributed by atoms with Gasteiger partial charge in [-0.2, -0.15) is 0 Å². The van der Waals surface area contributed by atoms with E-state index in [0.717, 1.165) is 38.2 Å². The molecule has 21 heavy (non-hydrogen) atoms. The maximum atomic E-state index is 10.8. The number of anilines is 1. The molecule has 116 valence electrons. The second kappa shape index (κ2) is 7.26. The van der Waals surface area contributed by atoms with Crippen LogP contribution < -0.4 is 10.1 Å². The van der Waals surface area contributed by atoms with Crippen molar-refractivity contribution in [2.75, 3.05) is 32.1 Å². The Kier molecular flexibility index (Phi) is 5.38. The van der Waals surface area contributed by atoms with Crippen molar-refractivity contribution in [3.63, 3.8) is 0 Å². The van der Waals surface area contributed by atoms with Crippen LogP contribution in [-0.4, -0.2) is 42.6 Å². The minimum absolute atomic E-state index is 0.0511. The number of hydrogen-bond acceptors (Lipinski definition) is 5. The molecule has 0 spiro atoms. The molecule has 1 aliphatic heterocycles. The van der Waals surface area contributed by atoms with Gasteiger partial charge in [-0.1, -0.05) is 6.92 Å². The average molecular weight is 293 g/mol. The van der Waals surface area contributed by atoms with Crippen LogP contribution in [0.1, 0.15) is 26.2 Å². The van der Waals surface area contributed by atoms with Crippen molar-refractivity contribution in [2.24, 2.45) is 0 Å². The van der Waals surface area contributed by atoms with Crippen molar-refractivity contribution in [3.05, 3.63) is 28.3 Å². The van der Waals surface area contributed by atoms with E-state index in [4.69, 9.17) is 4.74 Å². The number of piperidine rings is 1. The summed E-state index contributed by atoms with van der Waals surface area (Å²) in [7, 11) is 1.54. The molecule has 1 heterocycles. The van der Waals surface area contributed by atoms with Gasteiger partial charge in [0, 0.05) is 25.2 Å². The second-order valence-corrected chi connectivity index (χ2v) is 5.40. The lowest BCUT2D eigenvalue weighted by molar-refractivity contribution is -0.384. The van der Waals surface area contributed by atoms with Crippen LogP contribution in [0.4, 0.5) is 11.4 Å². The van der Waals surface area contributed by atoms with Crippen LogP contribution in [0.15, 0.2) is 18.2 Å². The van der Waals surface area contributed by atoms with Gasteiger partial charge in [0.25, 0.3) is 5.69 Å². The molecular weight excluding hydrogens is 270 g/mol. The largest absolute Gasteiger partial charge is 0.494 e. The third kappa shape index (κ3) is 4.07. The van der Waals surface area contributed by atoms with E-state index in [9.17, 15) is 10.1 Å². The average Bonchev–Trinajstić information content (AvgIpc) is 2.49. The number of benzene rings is 1. The fourth-order valence-corrected chi connectivity index (χ4v) is 2.75. The normalized spacial score (nSPS) is 16.7. The van der Waals surface area contributed by atoms with Gasteiger partial charge < -0.3 is 15.0 Å². The summed E-state index contributed by atoms with van der Waals surface area (Å²) in [6, 6.07) is 5.11. The zero-order valence-corrected chi connectivity index (χ0v) is 12.7. The lowest BCUT2D eigenvalue weighted by Crippen LogP contribution is -2.39. The Morgan fingerprint density at radius 1 is 1.43 bits per heavy atom. The summed E-state index contributed by atoms with van der Waals surface area (Å²) in [5.74, 6) is 0.528. The van der Waals surface area contributed by atoms with Gasteiger partial charge in [0.05, 0.1) is 23.8 Å². The van der Waals surface area contributed by atoms with Gasteiger partial charge in [-0.3, -0.25) is 10.1 Å². The number of ether oxygens (including phenoxy) is 1. The number of methoxy groups -OCH3 is 1. The van der Waals surface area contributed by atoms with Gasteiger partial charge in [-0.15, -0.1) is 0 Å². The van der Waals surface area contributed by atoms with E-state index >= 15 is 0 Å². The summed E-state index contributed by atoms with van der Waals surface area (Å²) in [6.45, 7) is 5.56. The standard InChI is InChI=1S/C15H23N3O3/c1-3-8-17-9-6-12(7-10-17)16-14-5-4-13(18(19)20)11-15(14)21-2/h4-5,11-12,16H,3,6-10H2,1-2H3. The highest BCUT2D eigenvalue weighted by atomic mass is 16.6. The van der Waals surface area contributed by atoms with E-state index in [0.29, 0.717) is 11.8 Å². The molecule has 0 saturated carbocycles. The van der Waals surface area contributed by atoms with Gasteiger partial charge in [0.15, 0.2) is 0 Å². The van der Waals surface area contributed by atoms with Crippen molar-refractivity contribution < 1.29 is 9.66 Å². The highest BCUT2D eigenvalue weighted by molar-refractivity contribution is 5.61. The molecule has 0 atom stereocenters. The molecular formula is C15H23N3O3. The van der Waals surface area contributed by atoms with Crippen LogP contribution in [0, 0.1) is 10.1 Å². The minimum Gasteiger partial charge on any atom is -0.494 e. The number of hydrogen-bond donors (Lipinski definition) is 1. The van der Waals surface area contributed by atoms with Crippen LogP contribution in [0.25, 0.3) is 0 Å². The Morgan fingerprint density at radius 3 is 2.71 bits per heavy atom. The monoisotopic (exact) mass is 293 g/mol. The molecule has 1 saturated heterocycles. The number of nitrogens with one attached hydrogen (secondary N) is 1. The SMILES string of the molecule is CCCN1CCC(Nc2ccc([N+](=O)[O-])cc2OC)CC1. The van der Waals surface area contributed by atoms with Crippen LogP contribution in [0.2, 0.25) is 0 Å². The third-order valence-corrected chi connectivity index (χ3v) is 3.88. The van der Waals surface area contributed by atoms with Crippen molar-refractivity contribution in [1.29, 1.82) is 0 Å².